The van der Waals surface area contributed by atoms with Crippen molar-refractivity contribution in [2.75, 3.05) is 0 Å². The van der Waals surface area contributed by atoms with Gasteiger partial charge in [-0.1, -0.05) is 27.7 Å². The summed E-state index contributed by atoms with van der Waals surface area (Å²) < 4.78 is 0. The quantitative estimate of drug-likeness (QED) is 0.762. The van der Waals surface area contributed by atoms with Gasteiger partial charge in [0.05, 0.1) is 11.3 Å². The van der Waals surface area contributed by atoms with Crippen LogP contribution < -0.4 is 0 Å². The summed E-state index contributed by atoms with van der Waals surface area (Å²) in [5.74, 6) is -0.949. The average molecular weight is 356 g/mol. The van der Waals surface area contributed by atoms with Gasteiger partial charge in [0.15, 0.2) is 0 Å². The SMILES string of the molecule is C/C(=C\c1ccc(C(=O)O)cn1)c1cc2c(s1)C(C)(C)CCC2(C)C. The van der Waals surface area contributed by atoms with Crippen LogP contribution in [0.25, 0.3) is 11.6 Å². The van der Waals surface area contributed by atoms with E-state index in [1.54, 1.807) is 12.1 Å². The molecular weight excluding hydrogens is 330 g/mol. The van der Waals surface area contributed by atoms with E-state index in [4.69, 9.17) is 5.11 Å². The summed E-state index contributed by atoms with van der Waals surface area (Å²) in [5, 5.41) is 8.97. The Hall–Kier alpha value is -1.94. The summed E-state index contributed by atoms with van der Waals surface area (Å²) in [5.41, 5.74) is 4.10. The molecular formula is C21H25NO2S. The lowest BCUT2D eigenvalue weighted by molar-refractivity contribution is 0.0696. The maximum Gasteiger partial charge on any atom is 0.337 e. The second-order valence-electron chi connectivity index (χ2n) is 8.23. The second-order valence-corrected chi connectivity index (χ2v) is 9.28. The Balaban J connectivity index is 1.97. The molecule has 0 radical (unpaired) electrons. The van der Waals surface area contributed by atoms with E-state index < -0.39 is 5.97 Å². The first-order valence-electron chi connectivity index (χ1n) is 8.63. The van der Waals surface area contributed by atoms with E-state index in [9.17, 15) is 4.79 Å². The van der Waals surface area contributed by atoms with Crippen molar-refractivity contribution >= 4 is 29.0 Å². The highest BCUT2D eigenvalue weighted by Crippen LogP contribution is 2.50. The number of hydrogen-bond acceptors (Lipinski definition) is 3. The van der Waals surface area contributed by atoms with Crippen molar-refractivity contribution in [2.24, 2.45) is 0 Å². The van der Waals surface area contributed by atoms with Crippen molar-refractivity contribution in [3.05, 3.63) is 51.0 Å². The van der Waals surface area contributed by atoms with Gasteiger partial charge in [-0.15, -0.1) is 11.3 Å². The molecule has 0 bridgehead atoms. The van der Waals surface area contributed by atoms with Crippen LogP contribution in [0.1, 0.15) is 78.8 Å². The van der Waals surface area contributed by atoms with E-state index >= 15 is 0 Å². The van der Waals surface area contributed by atoms with Crippen LogP contribution in [0.15, 0.2) is 24.4 Å². The van der Waals surface area contributed by atoms with Gasteiger partial charge in [0.25, 0.3) is 0 Å². The molecule has 0 atom stereocenters. The zero-order valence-corrected chi connectivity index (χ0v) is 16.3. The molecule has 0 spiro atoms. The van der Waals surface area contributed by atoms with Crippen molar-refractivity contribution in [3.8, 4) is 0 Å². The third-order valence-electron chi connectivity index (χ3n) is 5.24. The molecule has 0 saturated carbocycles. The largest absolute Gasteiger partial charge is 0.478 e. The van der Waals surface area contributed by atoms with Crippen LogP contribution in [0.5, 0.6) is 0 Å². The highest BCUT2D eigenvalue weighted by Gasteiger charge is 2.38. The number of carboxylic acid groups (broad SMARTS) is 1. The maximum atomic E-state index is 10.9. The standard InChI is InChI=1S/C21H25NO2S/c1-13(10-15-7-6-14(12-22-15)19(23)24)17-11-16-18(25-17)21(4,5)9-8-20(16,2)3/h6-7,10-12H,8-9H2,1-5H3,(H,23,24)/b13-10+. The van der Waals surface area contributed by atoms with Crippen molar-refractivity contribution < 1.29 is 9.90 Å². The Kier molecular flexibility index (Phi) is 4.36. The average Bonchev–Trinajstić information content (AvgIpc) is 3.00. The zero-order chi connectivity index (χ0) is 18.4. The van der Waals surface area contributed by atoms with Crippen LogP contribution in [0.2, 0.25) is 0 Å². The summed E-state index contributed by atoms with van der Waals surface area (Å²) in [6, 6.07) is 5.70. The number of rotatable bonds is 3. The summed E-state index contributed by atoms with van der Waals surface area (Å²) in [4.78, 5) is 18.0. The predicted octanol–water partition coefficient (Wildman–Crippen LogP) is 5.75. The number of hydrogen-bond donors (Lipinski definition) is 1. The molecule has 1 N–H and O–H groups in total. The van der Waals surface area contributed by atoms with E-state index in [2.05, 4.69) is 45.7 Å². The number of carboxylic acids is 1. The Morgan fingerprint density at radius 2 is 1.88 bits per heavy atom. The van der Waals surface area contributed by atoms with Gasteiger partial charge in [0.1, 0.15) is 0 Å². The van der Waals surface area contributed by atoms with Crippen LogP contribution in [-0.2, 0) is 10.8 Å². The van der Waals surface area contributed by atoms with Gasteiger partial charge < -0.3 is 5.11 Å². The van der Waals surface area contributed by atoms with E-state index in [-0.39, 0.29) is 16.4 Å². The fourth-order valence-corrected chi connectivity index (χ4v) is 4.81. The summed E-state index contributed by atoms with van der Waals surface area (Å²) in [6.07, 6.45) is 5.87. The molecule has 3 nitrogen and oxygen atoms in total. The molecule has 2 heterocycles. The van der Waals surface area contributed by atoms with Crippen molar-refractivity contribution in [1.82, 2.24) is 4.98 Å². The number of pyridine rings is 1. The van der Waals surface area contributed by atoms with Gasteiger partial charge in [-0.05, 0) is 66.0 Å². The molecule has 0 unspecified atom stereocenters. The molecule has 132 valence electrons. The lowest BCUT2D eigenvalue weighted by Crippen LogP contribution is -2.31. The first kappa shape index (κ1) is 17.9. The Labute approximate surface area is 153 Å². The molecule has 0 aromatic carbocycles. The topological polar surface area (TPSA) is 50.2 Å². The van der Waals surface area contributed by atoms with Crippen molar-refractivity contribution in [1.29, 1.82) is 0 Å². The highest BCUT2D eigenvalue weighted by molar-refractivity contribution is 7.13. The minimum Gasteiger partial charge on any atom is -0.478 e. The van der Waals surface area contributed by atoms with Gasteiger partial charge >= 0.3 is 5.97 Å². The first-order valence-corrected chi connectivity index (χ1v) is 9.45. The third kappa shape index (κ3) is 3.40. The smallest absolute Gasteiger partial charge is 0.337 e. The van der Waals surface area contributed by atoms with Crippen molar-refractivity contribution in [3.63, 3.8) is 0 Å². The van der Waals surface area contributed by atoms with Crippen LogP contribution in [0.3, 0.4) is 0 Å². The zero-order valence-electron chi connectivity index (χ0n) is 15.5. The molecule has 0 saturated heterocycles. The molecule has 25 heavy (non-hydrogen) atoms. The lowest BCUT2D eigenvalue weighted by Gasteiger charge is -2.39. The highest BCUT2D eigenvalue weighted by atomic mass is 32.1. The molecule has 2 aromatic heterocycles. The van der Waals surface area contributed by atoms with Crippen LogP contribution in [-0.4, -0.2) is 16.1 Å². The van der Waals surface area contributed by atoms with Crippen molar-refractivity contribution in [2.45, 2.75) is 58.3 Å². The number of aromatic carboxylic acids is 1. The summed E-state index contributed by atoms with van der Waals surface area (Å²) >= 11 is 1.89. The number of carbonyl (C=O) groups is 1. The second kappa shape index (κ2) is 6.10. The number of thiophene rings is 1. The Morgan fingerprint density at radius 3 is 2.44 bits per heavy atom. The third-order valence-corrected chi connectivity index (χ3v) is 6.87. The lowest BCUT2D eigenvalue weighted by atomic mass is 9.67. The van der Waals surface area contributed by atoms with E-state index in [0.717, 1.165) is 5.69 Å². The van der Waals surface area contributed by atoms with Crippen LogP contribution in [0, 0.1) is 0 Å². The molecule has 1 aliphatic carbocycles. The number of fused-ring (bicyclic) bond motifs is 1. The fraction of sp³-hybridized carbons (Fsp3) is 0.429. The Bertz CT molecular complexity index is 808. The monoisotopic (exact) mass is 355 g/mol. The number of aromatic nitrogens is 1. The summed E-state index contributed by atoms with van der Waals surface area (Å²) in [6.45, 7) is 11.5. The molecule has 1 aliphatic rings. The van der Waals surface area contributed by atoms with Gasteiger partial charge in [-0.2, -0.15) is 0 Å². The van der Waals surface area contributed by atoms with E-state index in [0.29, 0.717) is 0 Å². The molecule has 2 aromatic rings. The predicted molar refractivity (Wildman–Crippen MR) is 104 cm³/mol. The van der Waals surface area contributed by atoms with Gasteiger partial charge in [-0.3, -0.25) is 4.98 Å². The molecule has 0 amide bonds. The normalized spacial score (nSPS) is 18.7. The Morgan fingerprint density at radius 1 is 1.20 bits per heavy atom. The minimum atomic E-state index is -0.949. The number of nitrogens with zero attached hydrogens (tertiary/aromatic N) is 1. The van der Waals surface area contributed by atoms with Gasteiger partial charge in [0.2, 0.25) is 0 Å². The molecule has 3 rings (SSSR count). The van der Waals surface area contributed by atoms with Gasteiger partial charge in [0, 0.05) is 16.0 Å². The van der Waals surface area contributed by atoms with Crippen LogP contribution >= 0.6 is 11.3 Å². The summed E-state index contributed by atoms with van der Waals surface area (Å²) in [7, 11) is 0. The minimum absolute atomic E-state index is 0.213. The van der Waals surface area contributed by atoms with E-state index in [1.165, 1.54) is 39.9 Å². The first-order chi connectivity index (χ1) is 11.6. The fourth-order valence-electron chi connectivity index (χ4n) is 3.37. The molecule has 4 heteroatoms. The molecule has 0 aliphatic heterocycles. The van der Waals surface area contributed by atoms with Crippen LogP contribution in [0.4, 0.5) is 0 Å². The number of allylic oxidation sites excluding steroid dienone is 1. The van der Waals surface area contributed by atoms with Gasteiger partial charge in [-0.25, -0.2) is 4.79 Å². The maximum absolute atomic E-state index is 10.9. The van der Waals surface area contributed by atoms with E-state index in [1.807, 2.05) is 17.4 Å². The molecule has 0 fully saturated rings.